The summed E-state index contributed by atoms with van der Waals surface area (Å²) in [7, 11) is 0. The quantitative estimate of drug-likeness (QED) is 0.709. The molecule has 0 aliphatic rings. The van der Waals surface area contributed by atoms with Crippen molar-refractivity contribution >= 4 is 17.4 Å². The van der Waals surface area contributed by atoms with E-state index in [9.17, 15) is 4.79 Å². The average molecular weight is 307 g/mol. The largest absolute Gasteiger partial charge is 0.351 e. The van der Waals surface area contributed by atoms with Gasteiger partial charge in [-0.1, -0.05) is 50.2 Å². The van der Waals surface area contributed by atoms with E-state index < -0.39 is 0 Å². The molecule has 4 nitrogen and oxygen atoms in total. The number of benzene rings is 2. The van der Waals surface area contributed by atoms with Gasteiger partial charge >= 0.3 is 0 Å². The van der Waals surface area contributed by atoms with Crippen molar-refractivity contribution in [3.8, 4) is 0 Å². The number of nitrogens with zero attached hydrogens (tertiary/aromatic N) is 2. The van der Waals surface area contributed by atoms with Crippen LogP contribution in [0.2, 0.25) is 0 Å². The molecule has 0 spiro atoms. The minimum absolute atomic E-state index is 0.433. The molecule has 0 unspecified atom stereocenters. The molecule has 1 aromatic heterocycles. The fourth-order valence-corrected chi connectivity index (χ4v) is 2.76. The monoisotopic (exact) mass is 307 g/mol. The molecule has 0 fully saturated rings. The number of fused-ring (bicyclic) bond motifs is 1. The molecule has 1 amide bonds. The zero-order chi connectivity index (χ0) is 16.2. The third-order valence-electron chi connectivity index (χ3n) is 4.06. The van der Waals surface area contributed by atoms with Gasteiger partial charge in [-0.15, -0.1) is 0 Å². The molecular formula is C19H21N3O. The van der Waals surface area contributed by atoms with E-state index in [4.69, 9.17) is 0 Å². The first-order chi connectivity index (χ1) is 11.2. The second kappa shape index (κ2) is 6.65. The molecule has 0 radical (unpaired) electrons. The number of amides is 1. The molecule has 0 saturated carbocycles. The van der Waals surface area contributed by atoms with Crippen molar-refractivity contribution in [3.05, 3.63) is 65.5 Å². The van der Waals surface area contributed by atoms with Crippen LogP contribution < -0.4 is 5.32 Å². The summed E-state index contributed by atoms with van der Waals surface area (Å²) < 4.78 is 2.16. The first kappa shape index (κ1) is 15.3. The van der Waals surface area contributed by atoms with E-state index >= 15 is 0 Å². The summed E-state index contributed by atoms with van der Waals surface area (Å²) >= 11 is 0. The zero-order valence-corrected chi connectivity index (χ0v) is 13.5. The van der Waals surface area contributed by atoms with E-state index in [1.54, 1.807) is 0 Å². The maximum atomic E-state index is 10.6. The van der Waals surface area contributed by atoms with Crippen molar-refractivity contribution in [1.82, 2.24) is 14.9 Å². The molecule has 3 rings (SSSR count). The highest BCUT2D eigenvalue weighted by atomic mass is 16.1. The Morgan fingerprint density at radius 2 is 1.87 bits per heavy atom. The van der Waals surface area contributed by atoms with Crippen LogP contribution in [0.25, 0.3) is 11.0 Å². The Balaban J connectivity index is 1.95. The van der Waals surface area contributed by atoms with Crippen molar-refractivity contribution in [2.24, 2.45) is 0 Å². The van der Waals surface area contributed by atoms with Crippen molar-refractivity contribution < 1.29 is 4.79 Å². The molecule has 0 aliphatic carbocycles. The molecule has 0 bridgehead atoms. The van der Waals surface area contributed by atoms with E-state index in [-0.39, 0.29) is 0 Å². The van der Waals surface area contributed by atoms with Crippen molar-refractivity contribution in [2.45, 2.75) is 32.9 Å². The fraction of sp³-hybridized carbons (Fsp3) is 0.263. The number of carbonyl (C=O) groups excluding carboxylic acids is 1. The maximum Gasteiger partial charge on any atom is 0.207 e. The Kier molecular flexibility index (Phi) is 4.42. The van der Waals surface area contributed by atoms with Gasteiger partial charge in [-0.25, -0.2) is 4.98 Å². The Morgan fingerprint density at radius 3 is 2.57 bits per heavy atom. The van der Waals surface area contributed by atoms with Gasteiger partial charge in [0.2, 0.25) is 6.41 Å². The predicted octanol–water partition coefficient (Wildman–Crippen LogP) is 3.45. The van der Waals surface area contributed by atoms with Crippen LogP contribution in [0.1, 0.15) is 36.7 Å². The number of nitrogens with one attached hydrogen (secondary N) is 1. The van der Waals surface area contributed by atoms with E-state index in [2.05, 4.69) is 59.0 Å². The van der Waals surface area contributed by atoms with Gasteiger partial charge < -0.3 is 9.88 Å². The Bertz CT molecular complexity index is 803. The van der Waals surface area contributed by atoms with Gasteiger partial charge in [0.1, 0.15) is 5.82 Å². The lowest BCUT2D eigenvalue weighted by Crippen LogP contribution is -2.15. The highest BCUT2D eigenvalue weighted by Gasteiger charge is 2.10. The van der Waals surface area contributed by atoms with Gasteiger partial charge in [0, 0.05) is 6.54 Å². The van der Waals surface area contributed by atoms with Crippen LogP contribution >= 0.6 is 0 Å². The Labute approximate surface area is 136 Å². The second-order valence-electron chi connectivity index (χ2n) is 6.00. The van der Waals surface area contributed by atoms with E-state index in [1.807, 2.05) is 18.2 Å². The standard InChI is InChI=1S/C19H21N3O/c1-14(2)16-9-7-15(8-10-16)12-22-18-6-4-3-5-17(18)21-19(22)11-20-13-23/h3-10,13-14H,11-12H2,1-2H3,(H,20,23). The lowest BCUT2D eigenvalue weighted by atomic mass is 10.0. The van der Waals surface area contributed by atoms with Crippen LogP contribution in [0.4, 0.5) is 0 Å². The molecule has 0 aliphatic heterocycles. The minimum atomic E-state index is 0.433. The normalized spacial score (nSPS) is 11.1. The Hall–Kier alpha value is -2.62. The van der Waals surface area contributed by atoms with E-state index in [0.29, 0.717) is 18.9 Å². The SMILES string of the molecule is CC(C)c1ccc(Cn2c(CNC=O)nc3ccccc32)cc1. The highest BCUT2D eigenvalue weighted by Crippen LogP contribution is 2.20. The molecular weight excluding hydrogens is 286 g/mol. The summed E-state index contributed by atoms with van der Waals surface area (Å²) in [6, 6.07) is 16.8. The molecule has 1 N–H and O–H groups in total. The number of aromatic nitrogens is 2. The molecule has 118 valence electrons. The van der Waals surface area contributed by atoms with Crippen LogP contribution in [-0.2, 0) is 17.9 Å². The predicted molar refractivity (Wildman–Crippen MR) is 92.3 cm³/mol. The Morgan fingerprint density at radius 1 is 1.13 bits per heavy atom. The van der Waals surface area contributed by atoms with Gasteiger partial charge in [-0.05, 0) is 29.2 Å². The van der Waals surface area contributed by atoms with Gasteiger partial charge in [0.15, 0.2) is 0 Å². The summed E-state index contributed by atoms with van der Waals surface area (Å²) in [4.78, 5) is 15.2. The van der Waals surface area contributed by atoms with Crippen LogP contribution in [-0.4, -0.2) is 16.0 Å². The van der Waals surface area contributed by atoms with Crippen LogP contribution in [0, 0.1) is 0 Å². The summed E-state index contributed by atoms with van der Waals surface area (Å²) in [5.74, 6) is 1.40. The molecule has 0 saturated heterocycles. The molecule has 3 aromatic rings. The summed E-state index contributed by atoms with van der Waals surface area (Å²) in [6.07, 6.45) is 0.709. The summed E-state index contributed by atoms with van der Waals surface area (Å²) in [5, 5.41) is 2.71. The van der Waals surface area contributed by atoms with Crippen LogP contribution in [0.3, 0.4) is 0 Å². The zero-order valence-electron chi connectivity index (χ0n) is 13.5. The van der Waals surface area contributed by atoms with Crippen molar-refractivity contribution in [1.29, 1.82) is 0 Å². The smallest absolute Gasteiger partial charge is 0.207 e. The highest BCUT2D eigenvalue weighted by molar-refractivity contribution is 5.76. The topological polar surface area (TPSA) is 46.9 Å². The van der Waals surface area contributed by atoms with Crippen molar-refractivity contribution in [2.75, 3.05) is 0 Å². The number of para-hydroxylation sites is 2. The molecule has 23 heavy (non-hydrogen) atoms. The average Bonchev–Trinajstić information content (AvgIpc) is 2.91. The number of carbonyl (C=O) groups is 1. The first-order valence-corrected chi connectivity index (χ1v) is 7.89. The summed E-state index contributed by atoms with van der Waals surface area (Å²) in [5.41, 5.74) is 4.61. The maximum absolute atomic E-state index is 10.6. The minimum Gasteiger partial charge on any atom is -0.351 e. The van der Waals surface area contributed by atoms with Gasteiger partial charge in [-0.3, -0.25) is 4.79 Å². The molecule has 4 heteroatoms. The number of hydrogen-bond donors (Lipinski definition) is 1. The van der Waals surface area contributed by atoms with E-state index in [1.165, 1.54) is 11.1 Å². The van der Waals surface area contributed by atoms with Crippen LogP contribution in [0.15, 0.2) is 48.5 Å². The number of imidazole rings is 1. The third-order valence-corrected chi connectivity index (χ3v) is 4.06. The van der Waals surface area contributed by atoms with Crippen molar-refractivity contribution in [3.63, 3.8) is 0 Å². The molecule has 2 aromatic carbocycles. The van der Waals surface area contributed by atoms with E-state index in [0.717, 1.165) is 23.4 Å². The lowest BCUT2D eigenvalue weighted by Gasteiger charge is -2.11. The van der Waals surface area contributed by atoms with Gasteiger partial charge in [0.25, 0.3) is 0 Å². The number of rotatable bonds is 6. The van der Waals surface area contributed by atoms with Gasteiger partial charge in [0.05, 0.1) is 17.6 Å². The second-order valence-corrected chi connectivity index (χ2v) is 6.00. The van der Waals surface area contributed by atoms with Gasteiger partial charge in [-0.2, -0.15) is 0 Å². The van der Waals surface area contributed by atoms with Crippen LogP contribution in [0.5, 0.6) is 0 Å². The number of hydrogen-bond acceptors (Lipinski definition) is 2. The summed E-state index contributed by atoms with van der Waals surface area (Å²) in [6.45, 7) is 5.57. The molecule has 1 heterocycles. The first-order valence-electron chi connectivity index (χ1n) is 7.89. The lowest BCUT2D eigenvalue weighted by molar-refractivity contribution is -0.109. The molecule has 0 atom stereocenters. The fourth-order valence-electron chi connectivity index (χ4n) is 2.76. The third kappa shape index (κ3) is 3.26.